The summed E-state index contributed by atoms with van der Waals surface area (Å²) in [5, 5.41) is 0. The summed E-state index contributed by atoms with van der Waals surface area (Å²) in [5.41, 5.74) is 0.376. The number of carbonyl (C=O) groups excluding carboxylic acids is 1. The zero-order valence-corrected chi connectivity index (χ0v) is 10.7. The molecule has 0 N–H and O–H groups in total. The van der Waals surface area contributed by atoms with E-state index in [1.54, 1.807) is 0 Å². The highest BCUT2D eigenvalue weighted by Gasteiger charge is 2.35. The molecule has 2 nitrogen and oxygen atoms in total. The van der Waals surface area contributed by atoms with Gasteiger partial charge in [-0.2, -0.15) is 0 Å². The van der Waals surface area contributed by atoms with Crippen LogP contribution in [0.4, 0.5) is 0 Å². The van der Waals surface area contributed by atoms with E-state index >= 15 is 0 Å². The summed E-state index contributed by atoms with van der Waals surface area (Å²) in [6.07, 6.45) is 3.41. The Morgan fingerprint density at radius 2 is 1.87 bits per heavy atom. The summed E-state index contributed by atoms with van der Waals surface area (Å²) in [5.74, 6) is 1.27. The van der Waals surface area contributed by atoms with E-state index in [1.165, 1.54) is 13.3 Å². The van der Waals surface area contributed by atoms with Crippen molar-refractivity contribution in [1.29, 1.82) is 0 Å². The van der Waals surface area contributed by atoms with Crippen LogP contribution in [0.25, 0.3) is 0 Å². The van der Waals surface area contributed by atoms with E-state index in [4.69, 9.17) is 4.74 Å². The highest BCUT2D eigenvalue weighted by atomic mass is 16.5. The van der Waals surface area contributed by atoms with Gasteiger partial charge < -0.3 is 4.74 Å². The zero-order chi connectivity index (χ0) is 11.6. The molecule has 0 aromatic heterocycles. The van der Waals surface area contributed by atoms with Crippen molar-refractivity contribution in [2.24, 2.45) is 17.3 Å². The van der Waals surface area contributed by atoms with Gasteiger partial charge in [0.15, 0.2) is 0 Å². The van der Waals surface area contributed by atoms with E-state index in [0.29, 0.717) is 11.3 Å². The first-order valence-electron chi connectivity index (χ1n) is 5.98. The van der Waals surface area contributed by atoms with Crippen molar-refractivity contribution in [1.82, 2.24) is 0 Å². The quantitative estimate of drug-likeness (QED) is 0.623. The van der Waals surface area contributed by atoms with Crippen LogP contribution >= 0.6 is 0 Å². The lowest BCUT2D eigenvalue weighted by atomic mass is 9.66. The number of hydrogen-bond acceptors (Lipinski definition) is 2. The fraction of sp³-hybridized carbons (Fsp3) is 0.923. The van der Waals surface area contributed by atoms with Crippen LogP contribution in [0.2, 0.25) is 0 Å². The lowest BCUT2D eigenvalue weighted by Crippen LogP contribution is -2.35. The maximum Gasteiger partial charge on any atom is 0.302 e. The zero-order valence-electron chi connectivity index (χ0n) is 10.7. The molecule has 0 radical (unpaired) electrons. The molecule has 0 amide bonds. The predicted molar refractivity (Wildman–Crippen MR) is 61.5 cm³/mol. The van der Waals surface area contributed by atoms with Crippen LogP contribution in [0.1, 0.15) is 53.9 Å². The number of esters is 1. The second-order valence-electron chi connectivity index (χ2n) is 5.99. The molecule has 1 aliphatic rings. The number of carbonyl (C=O) groups is 1. The smallest absolute Gasteiger partial charge is 0.302 e. The number of hydrogen-bond donors (Lipinski definition) is 0. The lowest BCUT2D eigenvalue weighted by molar-refractivity contribution is -0.149. The Hall–Kier alpha value is -0.530. The SMILES string of the molecule is CC(=O)O[C@H]1CC[C@H](C(C)(C)C)[C@H](C)C1. The molecule has 3 atom stereocenters. The maximum absolute atomic E-state index is 10.9. The van der Waals surface area contributed by atoms with Gasteiger partial charge in [-0.05, 0) is 36.5 Å². The molecule has 15 heavy (non-hydrogen) atoms. The van der Waals surface area contributed by atoms with E-state index < -0.39 is 0 Å². The Morgan fingerprint density at radius 1 is 1.27 bits per heavy atom. The summed E-state index contributed by atoms with van der Waals surface area (Å²) >= 11 is 0. The van der Waals surface area contributed by atoms with Crippen LogP contribution < -0.4 is 0 Å². The third-order valence-electron chi connectivity index (χ3n) is 3.57. The van der Waals surface area contributed by atoms with Gasteiger partial charge in [0.05, 0.1) is 0 Å². The molecule has 88 valence electrons. The first-order chi connectivity index (χ1) is 6.80. The normalized spacial score (nSPS) is 32.5. The highest BCUT2D eigenvalue weighted by Crippen LogP contribution is 2.42. The average molecular weight is 212 g/mol. The van der Waals surface area contributed by atoms with Gasteiger partial charge in [0.2, 0.25) is 0 Å². The van der Waals surface area contributed by atoms with Gasteiger partial charge in [-0.3, -0.25) is 4.79 Å². The van der Waals surface area contributed by atoms with Crippen LogP contribution in [0.5, 0.6) is 0 Å². The lowest BCUT2D eigenvalue weighted by Gasteiger charge is -2.41. The van der Waals surface area contributed by atoms with Gasteiger partial charge in [-0.1, -0.05) is 27.7 Å². The van der Waals surface area contributed by atoms with Crippen molar-refractivity contribution in [2.75, 3.05) is 0 Å². The predicted octanol–water partition coefficient (Wildman–Crippen LogP) is 3.40. The van der Waals surface area contributed by atoms with E-state index in [-0.39, 0.29) is 12.1 Å². The third-order valence-corrected chi connectivity index (χ3v) is 3.57. The molecule has 0 saturated heterocycles. The van der Waals surface area contributed by atoms with Crippen LogP contribution in [0.15, 0.2) is 0 Å². The van der Waals surface area contributed by atoms with Crippen molar-refractivity contribution in [3.63, 3.8) is 0 Å². The van der Waals surface area contributed by atoms with Crippen LogP contribution in [0.3, 0.4) is 0 Å². The molecule has 0 aliphatic heterocycles. The van der Waals surface area contributed by atoms with Gasteiger partial charge in [0, 0.05) is 6.92 Å². The summed E-state index contributed by atoms with van der Waals surface area (Å²) in [6, 6.07) is 0. The van der Waals surface area contributed by atoms with Crippen molar-refractivity contribution >= 4 is 5.97 Å². The largest absolute Gasteiger partial charge is 0.463 e. The highest BCUT2D eigenvalue weighted by molar-refractivity contribution is 5.66. The summed E-state index contributed by atoms with van der Waals surface area (Å²) in [4.78, 5) is 10.9. The van der Waals surface area contributed by atoms with Crippen LogP contribution in [-0.2, 0) is 9.53 Å². The summed E-state index contributed by atoms with van der Waals surface area (Å²) in [6.45, 7) is 10.7. The minimum Gasteiger partial charge on any atom is -0.463 e. The average Bonchev–Trinajstić information content (AvgIpc) is 1.99. The van der Waals surface area contributed by atoms with Crippen molar-refractivity contribution < 1.29 is 9.53 Å². The fourth-order valence-electron chi connectivity index (χ4n) is 2.98. The molecule has 0 bridgehead atoms. The molecule has 1 aliphatic carbocycles. The molecule has 2 heteroatoms. The molecule has 1 saturated carbocycles. The van der Waals surface area contributed by atoms with Gasteiger partial charge in [0.1, 0.15) is 6.10 Å². The van der Waals surface area contributed by atoms with Gasteiger partial charge in [0.25, 0.3) is 0 Å². The van der Waals surface area contributed by atoms with Crippen LogP contribution in [0, 0.1) is 17.3 Å². The second kappa shape index (κ2) is 4.54. The summed E-state index contributed by atoms with van der Waals surface area (Å²) < 4.78 is 5.28. The Kier molecular flexibility index (Phi) is 3.80. The number of rotatable bonds is 1. The van der Waals surface area contributed by atoms with Gasteiger partial charge in [-0.25, -0.2) is 0 Å². The molecule has 0 unspecified atom stereocenters. The van der Waals surface area contributed by atoms with E-state index in [9.17, 15) is 4.79 Å². The number of ether oxygens (including phenoxy) is 1. The monoisotopic (exact) mass is 212 g/mol. The van der Waals surface area contributed by atoms with Crippen molar-refractivity contribution in [3.8, 4) is 0 Å². The maximum atomic E-state index is 10.9. The van der Waals surface area contributed by atoms with Crippen molar-refractivity contribution in [3.05, 3.63) is 0 Å². The van der Waals surface area contributed by atoms with E-state index in [2.05, 4.69) is 27.7 Å². The Labute approximate surface area is 93.4 Å². The molecule has 0 spiro atoms. The first-order valence-corrected chi connectivity index (χ1v) is 5.98. The third kappa shape index (κ3) is 3.51. The minimum atomic E-state index is -0.138. The summed E-state index contributed by atoms with van der Waals surface area (Å²) in [7, 11) is 0. The molecule has 1 rings (SSSR count). The van der Waals surface area contributed by atoms with Crippen LogP contribution in [-0.4, -0.2) is 12.1 Å². The molecule has 0 aromatic rings. The topological polar surface area (TPSA) is 26.3 Å². The van der Waals surface area contributed by atoms with Crippen molar-refractivity contribution in [2.45, 2.75) is 60.0 Å². The first kappa shape index (κ1) is 12.5. The molecule has 0 heterocycles. The molecular formula is C13H24O2. The minimum absolute atomic E-state index is 0.138. The fourth-order valence-corrected chi connectivity index (χ4v) is 2.98. The standard InChI is InChI=1S/C13H24O2/c1-9-8-11(15-10(2)14)6-7-12(9)13(3,4)5/h9,11-12H,6-8H2,1-5H3/t9-,11+,12+/m1/s1. The Balaban J connectivity index is 2.51. The molecule has 1 fully saturated rings. The Morgan fingerprint density at radius 3 is 2.27 bits per heavy atom. The van der Waals surface area contributed by atoms with Gasteiger partial charge in [-0.15, -0.1) is 0 Å². The molecule has 0 aromatic carbocycles. The molecular weight excluding hydrogens is 188 g/mol. The Bertz CT molecular complexity index is 227. The van der Waals surface area contributed by atoms with Gasteiger partial charge >= 0.3 is 5.97 Å². The second-order valence-corrected chi connectivity index (χ2v) is 5.99. The van der Waals surface area contributed by atoms with E-state index in [0.717, 1.165) is 18.8 Å². The van der Waals surface area contributed by atoms with E-state index in [1.807, 2.05) is 0 Å².